The summed E-state index contributed by atoms with van der Waals surface area (Å²) in [5.41, 5.74) is 0.599. The van der Waals surface area contributed by atoms with Crippen molar-refractivity contribution in [2.75, 3.05) is 26.2 Å². The van der Waals surface area contributed by atoms with Crippen molar-refractivity contribution in [2.24, 2.45) is 10.4 Å². The molecule has 0 aromatic heterocycles. The minimum absolute atomic E-state index is 0.0317. The molecule has 1 aliphatic rings. The van der Waals surface area contributed by atoms with Crippen molar-refractivity contribution in [3.63, 3.8) is 0 Å². The molecule has 0 saturated heterocycles. The van der Waals surface area contributed by atoms with E-state index >= 15 is 0 Å². The zero-order valence-corrected chi connectivity index (χ0v) is 16.3. The van der Waals surface area contributed by atoms with E-state index in [1.165, 1.54) is 6.07 Å². The van der Waals surface area contributed by atoms with Gasteiger partial charge in [0, 0.05) is 30.5 Å². The lowest BCUT2D eigenvalue weighted by Gasteiger charge is -2.19. The zero-order chi connectivity index (χ0) is 19.2. The molecule has 3 N–H and O–H groups in total. The fourth-order valence-electron chi connectivity index (χ4n) is 2.70. The summed E-state index contributed by atoms with van der Waals surface area (Å²) in [5, 5.41) is 9.37. The normalized spacial score (nSPS) is 16.1. The second-order valence-electron chi connectivity index (χ2n) is 7.92. The van der Waals surface area contributed by atoms with E-state index in [1.54, 1.807) is 12.1 Å². The highest BCUT2D eigenvalue weighted by molar-refractivity contribution is 5.82. The number of carbonyl (C=O) groups is 1. The second-order valence-corrected chi connectivity index (χ2v) is 7.92. The van der Waals surface area contributed by atoms with Gasteiger partial charge in [0.2, 0.25) is 5.91 Å². The maximum Gasteiger partial charge on any atom is 0.225 e. The molecule has 1 saturated carbocycles. The summed E-state index contributed by atoms with van der Waals surface area (Å²) in [6.07, 6.45) is 2.06. The molecule has 1 amide bonds. The first-order valence-electron chi connectivity index (χ1n) is 9.33. The first-order chi connectivity index (χ1) is 12.3. The van der Waals surface area contributed by atoms with Crippen LogP contribution in [0.2, 0.25) is 0 Å². The molecule has 0 unspecified atom stereocenters. The molecule has 0 aliphatic heterocycles. The molecule has 1 aromatic carbocycles. The van der Waals surface area contributed by atoms with Crippen LogP contribution < -0.4 is 16.0 Å². The molecule has 6 heteroatoms. The topological polar surface area (TPSA) is 65.5 Å². The van der Waals surface area contributed by atoms with Crippen LogP contribution in [-0.4, -0.2) is 38.0 Å². The third-order valence-corrected chi connectivity index (χ3v) is 4.56. The number of rotatable bonds is 7. The number of aliphatic imine (C=N–C) groups is 1. The zero-order valence-electron chi connectivity index (χ0n) is 16.3. The molecule has 1 aromatic rings. The Morgan fingerprint density at radius 1 is 1.19 bits per heavy atom. The average molecular weight is 362 g/mol. The maximum atomic E-state index is 13.5. The summed E-state index contributed by atoms with van der Waals surface area (Å²) < 4.78 is 13.5. The van der Waals surface area contributed by atoms with Crippen molar-refractivity contribution < 1.29 is 9.18 Å². The van der Waals surface area contributed by atoms with Gasteiger partial charge in [-0.2, -0.15) is 0 Å². The minimum Gasteiger partial charge on any atom is -0.357 e. The third kappa shape index (κ3) is 5.71. The van der Waals surface area contributed by atoms with Crippen LogP contribution in [0, 0.1) is 11.2 Å². The van der Waals surface area contributed by atoms with Gasteiger partial charge in [-0.05, 0) is 37.5 Å². The number of benzene rings is 1. The Morgan fingerprint density at radius 2 is 1.88 bits per heavy atom. The molecule has 0 bridgehead atoms. The Kier molecular flexibility index (Phi) is 6.62. The van der Waals surface area contributed by atoms with Crippen LogP contribution >= 0.6 is 0 Å². The quantitative estimate of drug-likeness (QED) is 0.397. The summed E-state index contributed by atoms with van der Waals surface area (Å²) in [7, 11) is 0. The minimum atomic E-state index is -0.387. The van der Waals surface area contributed by atoms with Gasteiger partial charge < -0.3 is 16.0 Å². The van der Waals surface area contributed by atoms with E-state index in [0.29, 0.717) is 19.6 Å². The number of hydrogen-bond acceptors (Lipinski definition) is 2. The lowest BCUT2D eigenvalue weighted by molar-refractivity contribution is -0.128. The lowest BCUT2D eigenvalue weighted by Crippen LogP contribution is -2.43. The Morgan fingerprint density at radius 3 is 2.46 bits per heavy atom. The Labute approximate surface area is 155 Å². The van der Waals surface area contributed by atoms with Gasteiger partial charge in [-0.3, -0.25) is 9.79 Å². The molecule has 144 valence electrons. The molecule has 5 nitrogen and oxygen atoms in total. The standard InChI is InChI=1S/C20H31FN4O/c1-5-22-18(24-12-11-23-17(26)19(2,3)4)25-14-20(9-10-20)15-7-6-8-16(21)13-15/h6-8,13H,5,9-12,14H2,1-4H3,(H,23,26)(H2,22,24,25). The van der Waals surface area contributed by atoms with Crippen LogP contribution in [0.3, 0.4) is 0 Å². The Hall–Kier alpha value is -2.11. The Bertz CT molecular complexity index is 647. The molecule has 0 heterocycles. The van der Waals surface area contributed by atoms with Crippen LogP contribution in [0.5, 0.6) is 0 Å². The molecule has 0 atom stereocenters. The van der Waals surface area contributed by atoms with Gasteiger partial charge >= 0.3 is 0 Å². The van der Waals surface area contributed by atoms with E-state index in [9.17, 15) is 9.18 Å². The number of carbonyl (C=O) groups excluding carboxylic acids is 1. The predicted octanol–water partition coefficient (Wildman–Crippen LogP) is 2.57. The highest BCUT2D eigenvalue weighted by atomic mass is 19.1. The number of nitrogens with one attached hydrogen (secondary N) is 3. The predicted molar refractivity (Wildman–Crippen MR) is 104 cm³/mol. The summed E-state index contributed by atoms with van der Waals surface area (Å²) in [4.78, 5) is 16.5. The third-order valence-electron chi connectivity index (χ3n) is 4.56. The monoisotopic (exact) mass is 362 g/mol. The van der Waals surface area contributed by atoms with Crippen molar-refractivity contribution in [2.45, 2.75) is 46.0 Å². The average Bonchev–Trinajstić information content (AvgIpc) is 3.36. The SMILES string of the molecule is CCNC(=NCC1(c2cccc(F)c2)CC1)NCCNC(=O)C(C)(C)C. The first kappa shape index (κ1) is 20.2. The molecule has 26 heavy (non-hydrogen) atoms. The second kappa shape index (κ2) is 8.52. The summed E-state index contributed by atoms with van der Waals surface area (Å²) in [5.74, 6) is 0.557. The van der Waals surface area contributed by atoms with Crippen molar-refractivity contribution >= 4 is 11.9 Å². The number of guanidine groups is 1. The molecule has 1 aliphatic carbocycles. The highest BCUT2D eigenvalue weighted by Crippen LogP contribution is 2.48. The van der Waals surface area contributed by atoms with Gasteiger partial charge in [0.25, 0.3) is 0 Å². The van der Waals surface area contributed by atoms with Crippen LogP contribution in [0.4, 0.5) is 4.39 Å². The van der Waals surface area contributed by atoms with Gasteiger partial charge in [0.1, 0.15) is 5.82 Å². The summed E-state index contributed by atoms with van der Waals surface area (Å²) in [6.45, 7) is 10.2. The molecule has 0 spiro atoms. The highest BCUT2D eigenvalue weighted by Gasteiger charge is 2.44. The van der Waals surface area contributed by atoms with E-state index in [2.05, 4.69) is 20.9 Å². The van der Waals surface area contributed by atoms with E-state index in [1.807, 2.05) is 33.8 Å². The van der Waals surface area contributed by atoms with Crippen LogP contribution in [-0.2, 0) is 10.2 Å². The molecular formula is C20H31FN4O. The van der Waals surface area contributed by atoms with Crippen molar-refractivity contribution in [3.8, 4) is 0 Å². The number of hydrogen-bond donors (Lipinski definition) is 3. The largest absolute Gasteiger partial charge is 0.357 e. The van der Waals surface area contributed by atoms with Gasteiger partial charge in [-0.25, -0.2) is 4.39 Å². The van der Waals surface area contributed by atoms with Gasteiger partial charge in [-0.1, -0.05) is 32.9 Å². The molecule has 2 rings (SSSR count). The number of nitrogens with zero attached hydrogens (tertiary/aromatic N) is 1. The summed E-state index contributed by atoms with van der Waals surface area (Å²) in [6, 6.07) is 6.83. The smallest absolute Gasteiger partial charge is 0.225 e. The fraction of sp³-hybridized carbons (Fsp3) is 0.600. The van der Waals surface area contributed by atoms with Crippen LogP contribution in [0.1, 0.15) is 46.1 Å². The van der Waals surface area contributed by atoms with Gasteiger partial charge in [-0.15, -0.1) is 0 Å². The maximum absolute atomic E-state index is 13.5. The van der Waals surface area contributed by atoms with Crippen LogP contribution in [0.25, 0.3) is 0 Å². The van der Waals surface area contributed by atoms with Crippen molar-refractivity contribution in [3.05, 3.63) is 35.6 Å². The number of halogens is 1. The molecular weight excluding hydrogens is 331 g/mol. The van der Waals surface area contributed by atoms with Crippen molar-refractivity contribution in [1.29, 1.82) is 0 Å². The molecule has 1 fully saturated rings. The summed E-state index contributed by atoms with van der Waals surface area (Å²) >= 11 is 0. The fourth-order valence-corrected chi connectivity index (χ4v) is 2.70. The first-order valence-corrected chi connectivity index (χ1v) is 9.33. The van der Waals surface area contributed by atoms with Crippen molar-refractivity contribution in [1.82, 2.24) is 16.0 Å². The molecule has 0 radical (unpaired) electrons. The van der Waals surface area contributed by atoms with Gasteiger partial charge in [0.15, 0.2) is 5.96 Å². The van der Waals surface area contributed by atoms with E-state index in [0.717, 1.165) is 30.9 Å². The van der Waals surface area contributed by atoms with E-state index < -0.39 is 0 Å². The van der Waals surface area contributed by atoms with Gasteiger partial charge in [0.05, 0.1) is 6.54 Å². The lowest BCUT2D eigenvalue weighted by atomic mass is 9.96. The number of amides is 1. The van der Waals surface area contributed by atoms with E-state index in [4.69, 9.17) is 0 Å². The van der Waals surface area contributed by atoms with Crippen LogP contribution in [0.15, 0.2) is 29.3 Å². The van der Waals surface area contributed by atoms with E-state index in [-0.39, 0.29) is 22.6 Å². The Balaban J connectivity index is 1.88.